The van der Waals surface area contributed by atoms with Gasteiger partial charge in [0, 0.05) is 5.75 Å². The van der Waals surface area contributed by atoms with Crippen molar-refractivity contribution in [2.75, 3.05) is 17.7 Å². The number of amides is 1. The number of benzene rings is 2. The van der Waals surface area contributed by atoms with E-state index in [0.29, 0.717) is 5.75 Å². The number of para-hydroxylation sites is 1. The van der Waals surface area contributed by atoms with Crippen LogP contribution in [-0.2, 0) is 26.3 Å². The molecule has 0 atom stereocenters. The lowest BCUT2D eigenvalue weighted by molar-refractivity contribution is -0.144. The fourth-order valence-electron chi connectivity index (χ4n) is 2.08. The van der Waals surface area contributed by atoms with Crippen LogP contribution in [0.2, 0.25) is 5.02 Å². The molecular weight excluding hydrogens is 422 g/mol. The van der Waals surface area contributed by atoms with Crippen LogP contribution in [0.5, 0.6) is 0 Å². The van der Waals surface area contributed by atoms with Gasteiger partial charge in [-0.3, -0.25) is 9.59 Å². The Morgan fingerprint density at radius 1 is 1.11 bits per heavy atom. The fraction of sp³-hybridized carbons (Fsp3) is 0.222. The van der Waals surface area contributed by atoms with Crippen molar-refractivity contribution in [3.05, 3.63) is 64.4 Å². The largest absolute Gasteiger partial charge is 0.455 e. The highest BCUT2D eigenvalue weighted by molar-refractivity contribution is 7.99. The molecule has 28 heavy (non-hydrogen) atoms. The summed E-state index contributed by atoms with van der Waals surface area (Å²) in [5.41, 5.74) is -0.895. The lowest BCUT2D eigenvalue weighted by Gasteiger charge is -2.15. The number of nitrogens with one attached hydrogen (secondary N) is 1. The van der Waals surface area contributed by atoms with Gasteiger partial charge in [-0.2, -0.15) is 13.2 Å². The molecule has 0 unspecified atom stereocenters. The summed E-state index contributed by atoms with van der Waals surface area (Å²) in [4.78, 5) is 23.5. The Balaban J connectivity index is 1.81. The van der Waals surface area contributed by atoms with Crippen LogP contribution in [0.1, 0.15) is 11.1 Å². The van der Waals surface area contributed by atoms with Gasteiger partial charge in [0.25, 0.3) is 5.91 Å². The molecular formula is C18H14ClF4NO3S. The molecule has 0 saturated carbocycles. The van der Waals surface area contributed by atoms with E-state index in [1.807, 2.05) is 5.32 Å². The average molecular weight is 436 g/mol. The smallest absolute Gasteiger partial charge is 0.418 e. The standard InChI is InChI=1S/C18H14ClF4NO3S/c19-14-3-1-2-13(18(21,22)23)17(14)24-15(25)8-27-16(26)10-28-9-11-4-6-12(20)7-5-11/h1-7H,8-10H2,(H,24,25). The van der Waals surface area contributed by atoms with E-state index in [2.05, 4.69) is 0 Å². The van der Waals surface area contributed by atoms with Crippen molar-refractivity contribution in [3.8, 4) is 0 Å². The number of halogens is 5. The summed E-state index contributed by atoms with van der Waals surface area (Å²) in [5, 5.41) is 1.73. The Hall–Kier alpha value is -2.26. The van der Waals surface area contributed by atoms with Gasteiger partial charge in [-0.05, 0) is 29.8 Å². The van der Waals surface area contributed by atoms with E-state index in [0.717, 1.165) is 17.7 Å². The van der Waals surface area contributed by atoms with E-state index in [9.17, 15) is 27.2 Å². The van der Waals surface area contributed by atoms with Gasteiger partial charge in [0.2, 0.25) is 0 Å². The Bertz CT molecular complexity index is 844. The monoisotopic (exact) mass is 435 g/mol. The van der Waals surface area contributed by atoms with Crippen LogP contribution in [0.25, 0.3) is 0 Å². The third-order valence-corrected chi connectivity index (χ3v) is 4.64. The van der Waals surface area contributed by atoms with Gasteiger partial charge in [-0.15, -0.1) is 11.8 Å². The lowest BCUT2D eigenvalue weighted by atomic mass is 10.1. The molecule has 1 amide bonds. The minimum atomic E-state index is -4.71. The van der Waals surface area contributed by atoms with Gasteiger partial charge < -0.3 is 10.1 Å². The zero-order valence-corrected chi connectivity index (χ0v) is 15.8. The van der Waals surface area contributed by atoms with Crippen LogP contribution in [-0.4, -0.2) is 24.2 Å². The first kappa shape index (κ1) is 22.0. The molecule has 0 aliphatic heterocycles. The molecule has 2 rings (SSSR count). The Morgan fingerprint density at radius 3 is 2.43 bits per heavy atom. The Kier molecular flexibility index (Phi) is 7.70. The molecule has 0 radical (unpaired) electrons. The quantitative estimate of drug-likeness (QED) is 0.496. The van der Waals surface area contributed by atoms with Crippen LogP contribution in [0, 0.1) is 5.82 Å². The van der Waals surface area contributed by atoms with Crippen molar-refractivity contribution in [2.45, 2.75) is 11.9 Å². The second-order valence-electron chi connectivity index (χ2n) is 5.49. The molecule has 0 aliphatic rings. The first-order chi connectivity index (χ1) is 13.2. The summed E-state index contributed by atoms with van der Waals surface area (Å²) in [6.45, 7) is -0.752. The Labute approximate surface area is 167 Å². The molecule has 2 aromatic carbocycles. The minimum absolute atomic E-state index is 0.0788. The van der Waals surface area contributed by atoms with Gasteiger partial charge in [0.05, 0.1) is 22.0 Å². The molecule has 0 fully saturated rings. The number of hydrogen-bond donors (Lipinski definition) is 1. The van der Waals surface area contributed by atoms with Crippen LogP contribution in [0.3, 0.4) is 0 Å². The third-order valence-electron chi connectivity index (χ3n) is 3.35. The lowest BCUT2D eigenvalue weighted by Crippen LogP contribution is -2.23. The first-order valence-electron chi connectivity index (χ1n) is 7.80. The summed E-state index contributed by atoms with van der Waals surface area (Å²) in [6.07, 6.45) is -4.71. The molecule has 150 valence electrons. The van der Waals surface area contributed by atoms with Crippen LogP contribution < -0.4 is 5.32 Å². The molecule has 0 aliphatic carbocycles. The van der Waals surface area contributed by atoms with Crippen molar-refractivity contribution in [1.29, 1.82) is 0 Å². The van der Waals surface area contributed by atoms with Gasteiger partial charge >= 0.3 is 12.1 Å². The second kappa shape index (κ2) is 9.79. The second-order valence-corrected chi connectivity index (χ2v) is 6.88. The van der Waals surface area contributed by atoms with Crippen molar-refractivity contribution in [2.24, 2.45) is 0 Å². The average Bonchev–Trinajstić information content (AvgIpc) is 2.62. The van der Waals surface area contributed by atoms with E-state index in [-0.39, 0.29) is 16.6 Å². The number of anilines is 1. The molecule has 2 aromatic rings. The van der Waals surface area contributed by atoms with Gasteiger partial charge in [0.15, 0.2) is 6.61 Å². The normalized spacial score (nSPS) is 11.2. The number of carbonyl (C=O) groups excluding carboxylic acids is 2. The van der Waals surface area contributed by atoms with Crippen molar-refractivity contribution in [3.63, 3.8) is 0 Å². The molecule has 0 spiro atoms. The minimum Gasteiger partial charge on any atom is -0.455 e. The van der Waals surface area contributed by atoms with Crippen molar-refractivity contribution < 1.29 is 31.9 Å². The zero-order valence-electron chi connectivity index (χ0n) is 14.2. The van der Waals surface area contributed by atoms with E-state index >= 15 is 0 Å². The maximum absolute atomic E-state index is 13.0. The van der Waals surface area contributed by atoms with Gasteiger partial charge in [-0.25, -0.2) is 4.39 Å². The van der Waals surface area contributed by atoms with Crippen LogP contribution in [0.15, 0.2) is 42.5 Å². The van der Waals surface area contributed by atoms with E-state index in [1.54, 1.807) is 12.1 Å². The highest BCUT2D eigenvalue weighted by atomic mass is 35.5. The van der Waals surface area contributed by atoms with Crippen molar-refractivity contribution >= 4 is 40.9 Å². The SMILES string of the molecule is O=C(COC(=O)CSCc1ccc(F)cc1)Nc1c(Cl)cccc1C(F)(F)F. The molecule has 0 heterocycles. The predicted molar refractivity (Wildman–Crippen MR) is 98.6 cm³/mol. The van der Waals surface area contributed by atoms with E-state index in [4.69, 9.17) is 16.3 Å². The van der Waals surface area contributed by atoms with Crippen LogP contribution >= 0.6 is 23.4 Å². The molecule has 1 N–H and O–H groups in total. The zero-order chi connectivity index (χ0) is 20.7. The maximum atomic E-state index is 13.0. The molecule has 0 bridgehead atoms. The number of rotatable bonds is 7. The first-order valence-corrected chi connectivity index (χ1v) is 9.33. The van der Waals surface area contributed by atoms with Gasteiger partial charge in [-0.1, -0.05) is 29.8 Å². The van der Waals surface area contributed by atoms with Gasteiger partial charge in [0.1, 0.15) is 5.82 Å². The third kappa shape index (κ3) is 6.72. The van der Waals surface area contributed by atoms with Crippen molar-refractivity contribution in [1.82, 2.24) is 0 Å². The number of alkyl halides is 3. The molecule has 4 nitrogen and oxygen atoms in total. The van der Waals surface area contributed by atoms with Crippen LogP contribution in [0.4, 0.5) is 23.2 Å². The number of ether oxygens (including phenoxy) is 1. The number of thioether (sulfide) groups is 1. The summed E-state index contributed by atoms with van der Waals surface area (Å²) >= 11 is 6.92. The fourth-order valence-corrected chi connectivity index (χ4v) is 3.09. The van der Waals surface area contributed by atoms with E-state index < -0.39 is 35.9 Å². The highest BCUT2D eigenvalue weighted by Gasteiger charge is 2.34. The summed E-state index contributed by atoms with van der Waals surface area (Å²) in [7, 11) is 0. The molecule has 0 saturated heterocycles. The predicted octanol–water partition coefficient (Wildman–Crippen LogP) is 4.91. The Morgan fingerprint density at radius 2 is 1.79 bits per heavy atom. The summed E-state index contributed by atoms with van der Waals surface area (Å²) in [6, 6.07) is 8.82. The number of hydrogen-bond acceptors (Lipinski definition) is 4. The molecule has 0 aromatic heterocycles. The number of carbonyl (C=O) groups is 2. The summed E-state index contributed by atoms with van der Waals surface area (Å²) in [5.74, 6) is -1.68. The maximum Gasteiger partial charge on any atom is 0.418 e. The summed E-state index contributed by atoms with van der Waals surface area (Å²) < 4.78 is 56.5. The highest BCUT2D eigenvalue weighted by Crippen LogP contribution is 2.38. The molecule has 10 heteroatoms. The topological polar surface area (TPSA) is 55.4 Å². The van der Waals surface area contributed by atoms with E-state index in [1.165, 1.54) is 30.0 Å². The number of esters is 1.